The summed E-state index contributed by atoms with van der Waals surface area (Å²) in [5.41, 5.74) is 5.01. The number of nitrogens with zero attached hydrogens (tertiary/aromatic N) is 6. The summed E-state index contributed by atoms with van der Waals surface area (Å²) in [5.74, 6) is -2.97. The van der Waals surface area contributed by atoms with Crippen molar-refractivity contribution in [3.05, 3.63) is 106 Å². The molecule has 1 aromatic heterocycles. The van der Waals surface area contributed by atoms with Crippen LogP contribution in [-0.4, -0.2) is 195 Å². The molecular weight excluding hydrogens is 1050 g/mol. The van der Waals surface area contributed by atoms with Gasteiger partial charge in [-0.05, 0) is 73.7 Å². The van der Waals surface area contributed by atoms with Gasteiger partial charge in [-0.15, -0.1) is 11.3 Å². The van der Waals surface area contributed by atoms with E-state index in [1.807, 2.05) is 30.0 Å². The van der Waals surface area contributed by atoms with Gasteiger partial charge in [0.25, 0.3) is 23.6 Å². The van der Waals surface area contributed by atoms with E-state index in [0.29, 0.717) is 120 Å². The molecule has 23 heteroatoms. The van der Waals surface area contributed by atoms with E-state index in [-0.39, 0.29) is 48.1 Å². The molecule has 22 nitrogen and oxygen atoms in total. The molecule has 5 aliphatic heterocycles. The first-order valence-corrected chi connectivity index (χ1v) is 28.1. The number of amides is 7. The summed E-state index contributed by atoms with van der Waals surface area (Å²) in [6.07, 6.45) is 3.95. The van der Waals surface area contributed by atoms with E-state index >= 15 is 0 Å². The minimum absolute atomic E-state index is 0.0528. The lowest BCUT2D eigenvalue weighted by Gasteiger charge is -2.43. The number of imide groups is 2. The van der Waals surface area contributed by atoms with E-state index in [4.69, 9.17) is 23.7 Å². The second-order valence-corrected chi connectivity index (χ2v) is 21.0. The standard InChI is InChI=1S/C57H69N9O13S/c1-37(2)38-7-10-47(67)44(34-38)51(53(71)61-57-59-16-33-80-57)65-36-39-6-8-41(35-43(39)54(65)72)62-17-12-40(13-18-62)63-19-21-64(22-20-63)49(69)14-23-75-25-27-77-29-31-79-32-30-78-28-26-76-24-15-58-45-5-3-4-42-50(45)56(74)66(55(42)73)46-9-11-48(68)60-52(46)70/h3-8,10,16,33-35,40,46,51,58,67H,1,9,11-15,17-32,36H2,2H3,(H,59,61,71)(H,60,68,70). The van der Waals surface area contributed by atoms with Crippen LogP contribution in [0.2, 0.25) is 0 Å². The number of carbonyl (C=O) groups excluding carboxylic acids is 7. The first-order valence-electron chi connectivity index (χ1n) is 27.2. The van der Waals surface area contributed by atoms with Crippen LogP contribution in [0.15, 0.2) is 72.8 Å². The van der Waals surface area contributed by atoms with Gasteiger partial charge < -0.3 is 48.8 Å². The van der Waals surface area contributed by atoms with Crippen molar-refractivity contribution in [1.29, 1.82) is 0 Å². The third kappa shape index (κ3) is 13.9. The molecule has 0 radical (unpaired) electrons. The maximum atomic E-state index is 14.2. The highest BCUT2D eigenvalue weighted by atomic mass is 32.1. The van der Waals surface area contributed by atoms with Crippen LogP contribution >= 0.6 is 11.3 Å². The lowest BCUT2D eigenvalue weighted by Crippen LogP contribution is -2.54. The number of aromatic nitrogens is 1. The molecule has 4 aromatic rings. The van der Waals surface area contributed by atoms with Crippen molar-refractivity contribution in [1.82, 2.24) is 29.9 Å². The van der Waals surface area contributed by atoms with Gasteiger partial charge in [-0.3, -0.25) is 54.0 Å². The number of fused-ring (bicyclic) bond motifs is 2. The van der Waals surface area contributed by atoms with Crippen LogP contribution in [0.3, 0.4) is 0 Å². The van der Waals surface area contributed by atoms with E-state index in [9.17, 15) is 38.7 Å². The topological polar surface area (TPSA) is 251 Å². The fraction of sp³-hybridized carbons (Fsp3) is 0.474. The quantitative estimate of drug-likeness (QED) is 0.0479. The van der Waals surface area contributed by atoms with E-state index in [0.717, 1.165) is 66.3 Å². The number of nitrogens with one attached hydrogen (secondary N) is 3. The van der Waals surface area contributed by atoms with Gasteiger partial charge in [0, 0.05) is 98.9 Å². The number of carbonyl (C=O) groups is 7. The summed E-state index contributed by atoms with van der Waals surface area (Å²) in [4.78, 5) is 105. The summed E-state index contributed by atoms with van der Waals surface area (Å²) in [6, 6.07) is 14.1. The Morgan fingerprint density at radius 2 is 1.48 bits per heavy atom. The number of piperazine rings is 1. The van der Waals surface area contributed by atoms with Crippen molar-refractivity contribution in [2.45, 2.75) is 63.7 Å². The average molecular weight is 1120 g/mol. The van der Waals surface area contributed by atoms with Gasteiger partial charge in [-0.2, -0.15) is 0 Å². The van der Waals surface area contributed by atoms with Gasteiger partial charge in [0.05, 0.1) is 83.6 Å². The number of hydrogen-bond acceptors (Lipinski definition) is 18. The van der Waals surface area contributed by atoms with Crippen molar-refractivity contribution < 1.29 is 62.4 Å². The monoisotopic (exact) mass is 1120 g/mol. The molecule has 426 valence electrons. The predicted molar refractivity (Wildman–Crippen MR) is 296 cm³/mol. The Labute approximate surface area is 468 Å². The van der Waals surface area contributed by atoms with Crippen LogP contribution in [0.4, 0.5) is 16.5 Å². The number of hydrogen-bond donors (Lipinski definition) is 4. The molecule has 4 N–H and O–H groups in total. The summed E-state index contributed by atoms with van der Waals surface area (Å²) < 4.78 is 28.1. The Bertz CT molecular complexity index is 2910. The number of benzene rings is 3. The molecule has 3 saturated heterocycles. The molecule has 0 saturated carbocycles. The number of piperidine rings is 2. The van der Waals surface area contributed by atoms with Crippen molar-refractivity contribution >= 4 is 74.8 Å². The zero-order valence-electron chi connectivity index (χ0n) is 45.0. The SMILES string of the molecule is C=C(C)c1ccc(O)c(C(C(=O)Nc2nccs2)N2Cc3ccc(N4CCC(N5CCN(C(=O)CCOCCOCCOCCOCCOCCNc6cccc7c6C(=O)N(C6CCC(=O)NC6=O)C7=O)CC5)CC4)cc3C2=O)c1. The Kier molecular flexibility index (Phi) is 19.7. The fourth-order valence-electron chi connectivity index (χ4n) is 10.7. The van der Waals surface area contributed by atoms with Crippen LogP contribution < -0.4 is 20.9 Å². The molecule has 2 unspecified atom stereocenters. The van der Waals surface area contributed by atoms with Crippen LogP contribution in [0, 0.1) is 0 Å². The van der Waals surface area contributed by atoms with Crippen molar-refractivity contribution in [3.63, 3.8) is 0 Å². The summed E-state index contributed by atoms with van der Waals surface area (Å²) in [7, 11) is 0. The van der Waals surface area contributed by atoms with Gasteiger partial charge in [0.2, 0.25) is 17.7 Å². The number of allylic oxidation sites excluding steroid dienone is 1. The molecule has 6 heterocycles. The van der Waals surface area contributed by atoms with E-state index in [2.05, 4.69) is 37.3 Å². The number of anilines is 3. The van der Waals surface area contributed by atoms with Gasteiger partial charge in [-0.1, -0.05) is 30.4 Å². The second-order valence-electron chi connectivity index (χ2n) is 20.1. The smallest absolute Gasteiger partial charge is 0.264 e. The van der Waals surface area contributed by atoms with Crippen LogP contribution in [0.25, 0.3) is 5.57 Å². The molecule has 3 fully saturated rings. The van der Waals surface area contributed by atoms with Gasteiger partial charge in [-0.25, -0.2) is 4.98 Å². The van der Waals surface area contributed by atoms with E-state index in [1.165, 1.54) is 22.3 Å². The molecule has 80 heavy (non-hydrogen) atoms. The van der Waals surface area contributed by atoms with Crippen molar-refractivity contribution in [2.75, 3.05) is 127 Å². The highest BCUT2D eigenvalue weighted by Crippen LogP contribution is 2.39. The summed E-state index contributed by atoms with van der Waals surface area (Å²) in [5, 5.41) is 21.4. The van der Waals surface area contributed by atoms with E-state index < -0.39 is 41.6 Å². The van der Waals surface area contributed by atoms with Crippen molar-refractivity contribution in [2.24, 2.45) is 0 Å². The maximum Gasteiger partial charge on any atom is 0.264 e. The highest BCUT2D eigenvalue weighted by Gasteiger charge is 2.46. The largest absolute Gasteiger partial charge is 0.508 e. The molecular formula is C57H69N9O13S. The second kappa shape index (κ2) is 27.4. The first-order chi connectivity index (χ1) is 38.9. The minimum atomic E-state index is -1.11. The van der Waals surface area contributed by atoms with Gasteiger partial charge >= 0.3 is 0 Å². The molecule has 5 aliphatic rings. The van der Waals surface area contributed by atoms with Gasteiger partial charge in [0.1, 0.15) is 17.8 Å². The fourth-order valence-corrected chi connectivity index (χ4v) is 11.2. The Hall–Kier alpha value is -7.12. The van der Waals surface area contributed by atoms with Crippen LogP contribution in [-0.2, 0) is 49.4 Å². The molecule has 2 atom stereocenters. The third-order valence-electron chi connectivity index (χ3n) is 15.0. The van der Waals surface area contributed by atoms with Crippen LogP contribution in [0.1, 0.15) is 92.8 Å². The predicted octanol–water partition coefficient (Wildman–Crippen LogP) is 4.32. The Balaban J connectivity index is 0.585. The normalized spacial score (nSPS) is 18.2. The zero-order chi connectivity index (χ0) is 56.1. The third-order valence-corrected chi connectivity index (χ3v) is 15.6. The highest BCUT2D eigenvalue weighted by molar-refractivity contribution is 7.13. The molecule has 3 aromatic carbocycles. The lowest BCUT2D eigenvalue weighted by molar-refractivity contribution is -0.136. The van der Waals surface area contributed by atoms with Crippen LogP contribution in [0.5, 0.6) is 5.75 Å². The lowest BCUT2D eigenvalue weighted by atomic mass is 9.98. The molecule has 0 bridgehead atoms. The molecule has 0 spiro atoms. The Morgan fingerprint density at radius 3 is 2.14 bits per heavy atom. The number of rotatable bonds is 27. The van der Waals surface area contributed by atoms with Crippen molar-refractivity contribution in [3.8, 4) is 5.75 Å². The molecule has 7 amide bonds. The summed E-state index contributed by atoms with van der Waals surface area (Å²) in [6.45, 7) is 14.7. The maximum absolute atomic E-state index is 14.2. The van der Waals surface area contributed by atoms with E-state index in [1.54, 1.807) is 41.9 Å². The molecule has 0 aliphatic carbocycles. The first kappa shape index (κ1) is 57.6. The number of thiazole rings is 1. The average Bonchev–Trinajstić information content (AvgIpc) is 4.24. The number of aromatic hydroxyl groups is 1. The number of ether oxygens (including phenoxy) is 5. The Morgan fingerprint density at radius 1 is 0.787 bits per heavy atom. The number of phenolic OH excluding ortho intramolecular Hbond substituents is 1. The zero-order valence-corrected chi connectivity index (χ0v) is 45.8. The number of phenols is 1. The summed E-state index contributed by atoms with van der Waals surface area (Å²) >= 11 is 1.27. The molecule has 9 rings (SSSR count). The minimum Gasteiger partial charge on any atom is -0.508 e. The van der Waals surface area contributed by atoms with Gasteiger partial charge in [0.15, 0.2) is 5.13 Å².